The van der Waals surface area contributed by atoms with Crippen molar-refractivity contribution < 1.29 is 22.7 Å². The van der Waals surface area contributed by atoms with Gasteiger partial charge in [0.2, 0.25) is 21.8 Å². The summed E-state index contributed by atoms with van der Waals surface area (Å²) in [6, 6.07) is 15.4. The fourth-order valence-electron chi connectivity index (χ4n) is 3.15. The topological polar surface area (TPSA) is 96.0 Å². The lowest BCUT2D eigenvalue weighted by Crippen LogP contribution is -2.50. The number of hydrogen-bond acceptors (Lipinski definition) is 5. The van der Waals surface area contributed by atoms with Crippen molar-refractivity contribution >= 4 is 21.8 Å². The minimum atomic E-state index is -3.66. The first-order chi connectivity index (χ1) is 15.2. The van der Waals surface area contributed by atoms with Gasteiger partial charge in [0.25, 0.3) is 0 Å². The molecular weight excluding hydrogens is 430 g/mol. The number of sulfonamides is 1. The first-order valence-electron chi connectivity index (χ1n) is 10.3. The summed E-state index contributed by atoms with van der Waals surface area (Å²) in [6.45, 7) is 3.71. The van der Waals surface area contributed by atoms with Gasteiger partial charge >= 0.3 is 0 Å². The molecule has 0 radical (unpaired) electrons. The number of hydrogen-bond donors (Lipinski definition) is 1. The van der Waals surface area contributed by atoms with Crippen LogP contribution in [0, 0.1) is 0 Å². The molecule has 0 saturated heterocycles. The molecule has 32 heavy (non-hydrogen) atoms. The number of nitrogens with one attached hydrogen (secondary N) is 1. The van der Waals surface area contributed by atoms with Crippen molar-refractivity contribution in [3.05, 3.63) is 65.7 Å². The Labute approximate surface area is 190 Å². The molecule has 8 nitrogen and oxygen atoms in total. The number of benzene rings is 2. The van der Waals surface area contributed by atoms with Crippen molar-refractivity contribution in [2.24, 2.45) is 0 Å². The second-order valence-corrected chi connectivity index (χ2v) is 9.44. The van der Waals surface area contributed by atoms with Gasteiger partial charge in [-0.2, -0.15) is 4.31 Å². The third kappa shape index (κ3) is 7.35. The number of carbonyl (C=O) groups is 2. The second-order valence-electron chi connectivity index (χ2n) is 7.46. The Hall–Kier alpha value is -2.91. The molecule has 0 heterocycles. The van der Waals surface area contributed by atoms with Gasteiger partial charge in [0.1, 0.15) is 11.8 Å². The van der Waals surface area contributed by atoms with Gasteiger partial charge in [-0.1, -0.05) is 42.5 Å². The van der Waals surface area contributed by atoms with E-state index in [-0.39, 0.29) is 25.5 Å². The van der Waals surface area contributed by atoms with Crippen LogP contribution in [0.15, 0.2) is 54.6 Å². The molecule has 1 atom stereocenters. The van der Waals surface area contributed by atoms with E-state index in [1.165, 1.54) is 4.90 Å². The summed E-state index contributed by atoms with van der Waals surface area (Å²) in [6.07, 6.45) is 1.07. The van der Waals surface area contributed by atoms with Gasteiger partial charge < -0.3 is 15.0 Å². The smallest absolute Gasteiger partial charge is 0.242 e. The average molecular weight is 462 g/mol. The summed E-state index contributed by atoms with van der Waals surface area (Å²) < 4.78 is 31.1. The van der Waals surface area contributed by atoms with E-state index in [9.17, 15) is 18.0 Å². The number of nitrogens with zero attached hydrogens (tertiary/aromatic N) is 2. The number of carbonyl (C=O) groups excluding carboxylic acids is 2. The standard InChI is InChI=1S/C23H31N3O5S/c1-5-24-23(28)18(2)26(16-20-11-13-21(31-3)14-12-20)22(27)17-25(32(4,29)30)15-19-9-7-6-8-10-19/h6-14,18H,5,15-17H2,1-4H3,(H,24,28)/t18-/m1/s1. The lowest BCUT2D eigenvalue weighted by molar-refractivity contribution is -0.140. The van der Waals surface area contributed by atoms with Crippen LogP contribution in [0.1, 0.15) is 25.0 Å². The van der Waals surface area contributed by atoms with Gasteiger partial charge in [0, 0.05) is 19.6 Å². The SMILES string of the molecule is CCNC(=O)[C@@H](C)N(Cc1ccc(OC)cc1)C(=O)CN(Cc1ccccc1)S(C)(=O)=O. The quantitative estimate of drug-likeness (QED) is 0.552. The van der Waals surface area contributed by atoms with Gasteiger partial charge in [-0.25, -0.2) is 8.42 Å². The molecule has 1 N–H and O–H groups in total. The third-order valence-electron chi connectivity index (χ3n) is 5.01. The van der Waals surface area contributed by atoms with Crippen LogP contribution in [0.3, 0.4) is 0 Å². The summed E-state index contributed by atoms with van der Waals surface area (Å²) in [5, 5.41) is 2.72. The van der Waals surface area contributed by atoms with E-state index in [0.29, 0.717) is 12.3 Å². The minimum absolute atomic E-state index is 0.0668. The van der Waals surface area contributed by atoms with E-state index in [1.807, 2.05) is 30.3 Å². The Morgan fingerprint density at radius 1 is 1.00 bits per heavy atom. The summed E-state index contributed by atoms with van der Waals surface area (Å²) in [5.41, 5.74) is 1.56. The normalized spacial score (nSPS) is 12.3. The molecule has 2 amide bonds. The Balaban J connectivity index is 2.28. The maximum atomic E-state index is 13.3. The Bertz CT molecular complexity index is 994. The van der Waals surface area contributed by atoms with Crippen LogP contribution in [0.5, 0.6) is 5.75 Å². The molecule has 0 saturated carbocycles. The van der Waals surface area contributed by atoms with Crippen molar-refractivity contribution in [3.8, 4) is 5.75 Å². The van der Waals surface area contributed by atoms with E-state index >= 15 is 0 Å². The lowest BCUT2D eigenvalue weighted by atomic mass is 10.1. The summed E-state index contributed by atoms with van der Waals surface area (Å²) in [4.78, 5) is 27.2. The zero-order chi connectivity index (χ0) is 23.7. The van der Waals surface area contributed by atoms with Gasteiger partial charge in [-0.05, 0) is 37.1 Å². The Kier molecular flexibility index (Phi) is 9.22. The third-order valence-corrected chi connectivity index (χ3v) is 6.21. The van der Waals surface area contributed by atoms with Crippen molar-refractivity contribution in [3.63, 3.8) is 0 Å². The fourth-order valence-corrected chi connectivity index (χ4v) is 3.88. The van der Waals surface area contributed by atoms with Crippen LogP contribution in [0.25, 0.3) is 0 Å². The van der Waals surface area contributed by atoms with E-state index in [2.05, 4.69) is 5.32 Å². The van der Waals surface area contributed by atoms with Crippen LogP contribution in [-0.2, 0) is 32.7 Å². The Morgan fingerprint density at radius 3 is 2.12 bits per heavy atom. The van der Waals surface area contributed by atoms with E-state index in [4.69, 9.17) is 4.74 Å². The molecular formula is C23H31N3O5S. The Morgan fingerprint density at radius 2 is 1.59 bits per heavy atom. The van der Waals surface area contributed by atoms with Crippen LogP contribution in [0.2, 0.25) is 0 Å². The molecule has 0 spiro atoms. The molecule has 0 bridgehead atoms. The number of rotatable bonds is 11. The molecule has 0 aliphatic heterocycles. The van der Waals surface area contributed by atoms with E-state index < -0.39 is 22.0 Å². The highest BCUT2D eigenvalue weighted by Crippen LogP contribution is 2.16. The van der Waals surface area contributed by atoms with Crippen LogP contribution in [-0.4, -0.2) is 61.9 Å². The summed E-state index contributed by atoms with van der Waals surface area (Å²) in [7, 11) is -2.10. The highest BCUT2D eigenvalue weighted by atomic mass is 32.2. The molecule has 0 aliphatic rings. The van der Waals surface area contributed by atoms with Crippen LogP contribution < -0.4 is 10.1 Å². The molecule has 0 aliphatic carbocycles. The zero-order valence-corrected chi connectivity index (χ0v) is 19.8. The first-order valence-corrected chi connectivity index (χ1v) is 12.2. The average Bonchev–Trinajstić information content (AvgIpc) is 2.77. The fraction of sp³-hybridized carbons (Fsp3) is 0.391. The van der Waals surface area contributed by atoms with Gasteiger partial charge in [-0.3, -0.25) is 9.59 Å². The summed E-state index contributed by atoms with van der Waals surface area (Å²) in [5.74, 6) is -0.0845. The maximum Gasteiger partial charge on any atom is 0.242 e. The highest BCUT2D eigenvalue weighted by Gasteiger charge is 2.29. The second kappa shape index (κ2) is 11.6. The van der Waals surface area contributed by atoms with E-state index in [0.717, 1.165) is 21.7 Å². The summed E-state index contributed by atoms with van der Waals surface area (Å²) >= 11 is 0. The van der Waals surface area contributed by atoms with Crippen LogP contribution >= 0.6 is 0 Å². The predicted molar refractivity (Wildman–Crippen MR) is 123 cm³/mol. The minimum Gasteiger partial charge on any atom is -0.497 e. The van der Waals surface area contributed by atoms with Crippen molar-refractivity contribution in [2.75, 3.05) is 26.5 Å². The molecule has 2 rings (SSSR count). The lowest BCUT2D eigenvalue weighted by Gasteiger charge is -2.31. The van der Waals surface area contributed by atoms with Gasteiger partial charge in [0.05, 0.1) is 19.9 Å². The van der Waals surface area contributed by atoms with Crippen molar-refractivity contribution in [2.45, 2.75) is 33.0 Å². The largest absolute Gasteiger partial charge is 0.497 e. The van der Waals surface area contributed by atoms with Crippen molar-refractivity contribution in [1.29, 1.82) is 0 Å². The molecule has 2 aromatic carbocycles. The molecule has 0 unspecified atom stereocenters. The molecule has 0 fully saturated rings. The zero-order valence-electron chi connectivity index (χ0n) is 18.9. The van der Waals surface area contributed by atoms with Gasteiger partial charge in [-0.15, -0.1) is 0 Å². The number of methoxy groups -OCH3 is 1. The van der Waals surface area contributed by atoms with E-state index in [1.54, 1.807) is 45.2 Å². The monoisotopic (exact) mass is 461 g/mol. The first kappa shape index (κ1) is 25.4. The molecule has 2 aromatic rings. The van der Waals surface area contributed by atoms with Crippen molar-refractivity contribution in [1.82, 2.24) is 14.5 Å². The number of ether oxygens (including phenoxy) is 1. The molecule has 174 valence electrons. The maximum absolute atomic E-state index is 13.3. The molecule has 9 heteroatoms. The number of likely N-dealkylation sites (N-methyl/N-ethyl adjacent to an activating group) is 1. The number of amides is 2. The highest BCUT2D eigenvalue weighted by molar-refractivity contribution is 7.88. The van der Waals surface area contributed by atoms with Crippen LogP contribution in [0.4, 0.5) is 0 Å². The molecule has 0 aromatic heterocycles. The van der Waals surface area contributed by atoms with Gasteiger partial charge in [0.15, 0.2) is 0 Å². The predicted octanol–water partition coefficient (Wildman–Crippen LogP) is 2.01.